The number of nitrogen functional groups attached to an aromatic ring is 1. The molecule has 3 rings (SSSR count). The van der Waals surface area contributed by atoms with Gasteiger partial charge in [-0.3, -0.25) is 4.98 Å². The first-order valence-electron chi connectivity index (χ1n) is 6.63. The first kappa shape index (κ1) is 11.3. The van der Waals surface area contributed by atoms with Crippen molar-refractivity contribution in [3.05, 3.63) is 30.6 Å². The monoisotopic (exact) mass is 242 g/mol. The molecule has 1 fully saturated rings. The maximum absolute atomic E-state index is 6.13. The van der Waals surface area contributed by atoms with E-state index in [0.29, 0.717) is 6.10 Å². The second-order valence-corrected chi connectivity index (χ2v) is 4.95. The molecule has 0 radical (unpaired) electrons. The molecular formula is C15H18N2O. The molecule has 0 spiro atoms. The molecule has 1 aromatic carbocycles. The smallest absolute Gasteiger partial charge is 0.129 e. The molecule has 1 aromatic heterocycles. The maximum atomic E-state index is 6.13. The number of rotatable bonds is 2. The van der Waals surface area contributed by atoms with Crippen LogP contribution in [0.3, 0.4) is 0 Å². The second kappa shape index (κ2) is 4.84. The van der Waals surface area contributed by atoms with Crippen molar-refractivity contribution >= 4 is 16.5 Å². The molecule has 0 atom stereocenters. The van der Waals surface area contributed by atoms with Gasteiger partial charge in [-0.05, 0) is 43.9 Å². The Kier molecular flexibility index (Phi) is 3.05. The van der Waals surface area contributed by atoms with Crippen LogP contribution in [0.25, 0.3) is 10.8 Å². The van der Waals surface area contributed by atoms with Gasteiger partial charge < -0.3 is 10.5 Å². The van der Waals surface area contributed by atoms with Crippen LogP contribution in [0.1, 0.15) is 32.1 Å². The molecular weight excluding hydrogens is 224 g/mol. The van der Waals surface area contributed by atoms with Crippen LogP contribution in [0, 0.1) is 0 Å². The van der Waals surface area contributed by atoms with Crippen LogP contribution < -0.4 is 10.5 Å². The van der Waals surface area contributed by atoms with Gasteiger partial charge in [0.2, 0.25) is 0 Å². The van der Waals surface area contributed by atoms with Crippen LogP contribution >= 0.6 is 0 Å². The third-order valence-corrected chi connectivity index (χ3v) is 3.66. The highest BCUT2D eigenvalue weighted by molar-refractivity contribution is 5.96. The van der Waals surface area contributed by atoms with Crippen molar-refractivity contribution in [1.82, 2.24) is 4.98 Å². The standard InChI is InChI=1S/C15H18N2O/c16-14-6-7-15(13-10-17-9-8-12(13)14)18-11-4-2-1-3-5-11/h6-11H,1-5,16H2. The first-order valence-corrected chi connectivity index (χ1v) is 6.63. The molecule has 0 amide bonds. The molecule has 0 saturated heterocycles. The summed E-state index contributed by atoms with van der Waals surface area (Å²) in [6, 6.07) is 5.83. The summed E-state index contributed by atoms with van der Waals surface area (Å²) >= 11 is 0. The number of benzene rings is 1. The molecule has 1 saturated carbocycles. The number of hydrogen-bond donors (Lipinski definition) is 1. The Morgan fingerprint density at radius 1 is 1.06 bits per heavy atom. The van der Waals surface area contributed by atoms with E-state index in [0.717, 1.165) is 35.1 Å². The molecule has 2 aromatic rings. The van der Waals surface area contributed by atoms with Gasteiger partial charge in [-0.15, -0.1) is 0 Å². The lowest BCUT2D eigenvalue weighted by molar-refractivity contribution is 0.157. The van der Waals surface area contributed by atoms with Crippen LogP contribution in [0.2, 0.25) is 0 Å². The third kappa shape index (κ3) is 2.13. The molecule has 1 aliphatic carbocycles. The lowest BCUT2D eigenvalue weighted by Crippen LogP contribution is -2.19. The van der Waals surface area contributed by atoms with Gasteiger partial charge in [0, 0.05) is 28.9 Å². The average molecular weight is 242 g/mol. The first-order chi connectivity index (χ1) is 8.84. The SMILES string of the molecule is Nc1ccc(OC2CCCCC2)c2cnccc12. The number of nitrogens with zero attached hydrogens (tertiary/aromatic N) is 1. The molecule has 1 heterocycles. The van der Waals surface area contributed by atoms with Gasteiger partial charge in [-0.25, -0.2) is 0 Å². The number of pyridine rings is 1. The van der Waals surface area contributed by atoms with Crippen molar-refractivity contribution in [2.45, 2.75) is 38.2 Å². The Bertz CT molecular complexity index is 547. The number of hydrogen-bond acceptors (Lipinski definition) is 3. The number of aromatic nitrogens is 1. The summed E-state index contributed by atoms with van der Waals surface area (Å²) in [6.45, 7) is 0. The van der Waals surface area contributed by atoms with E-state index < -0.39 is 0 Å². The van der Waals surface area contributed by atoms with E-state index >= 15 is 0 Å². The Morgan fingerprint density at radius 2 is 1.89 bits per heavy atom. The summed E-state index contributed by atoms with van der Waals surface area (Å²) in [7, 11) is 0. The van der Waals surface area contributed by atoms with E-state index in [-0.39, 0.29) is 0 Å². The Labute approximate surface area is 107 Å². The van der Waals surface area contributed by atoms with Crippen LogP contribution in [0.15, 0.2) is 30.6 Å². The lowest BCUT2D eigenvalue weighted by atomic mass is 9.97. The fourth-order valence-electron chi connectivity index (χ4n) is 2.65. The number of nitrogens with two attached hydrogens (primary N) is 1. The Morgan fingerprint density at radius 3 is 2.72 bits per heavy atom. The summed E-state index contributed by atoms with van der Waals surface area (Å²) in [5.41, 5.74) is 6.76. The summed E-state index contributed by atoms with van der Waals surface area (Å²) < 4.78 is 6.13. The fourth-order valence-corrected chi connectivity index (χ4v) is 2.65. The van der Waals surface area contributed by atoms with Gasteiger partial charge in [-0.1, -0.05) is 6.42 Å². The third-order valence-electron chi connectivity index (χ3n) is 3.66. The van der Waals surface area contributed by atoms with Crippen LogP contribution in [-0.2, 0) is 0 Å². The predicted octanol–water partition coefficient (Wildman–Crippen LogP) is 3.53. The summed E-state index contributed by atoms with van der Waals surface area (Å²) in [4.78, 5) is 4.17. The minimum absolute atomic E-state index is 0.353. The zero-order valence-electron chi connectivity index (χ0n) is 10.4. The molecule has 3 heteroatoms. The number of anilines is 1. The molecule has 0 aliphatic heterocycles. The van der Waals surface area contributed by atoms with Gasteiger partial charge in [0.1, 0.15) is 5.75 Å². The summed E-state index contributed by atoms with van der Waals surface area (Å²) in [5.74, 6) is 0.916. The van der Waals surface area contributed by atoms with Crippen LogP contribution in [-0.4, -0.2) is 11.1 Å². The molecule has 1 aliphatic rings. The highest BCUT2D eigenvalue weighted by Gasteiger charge is 2.16. The van der Waals surface area contributed by atoms with E-state index in [2.05, 4.69) is 4.98 Å². The highest BCUT2D eigenvalue weighted by Crippen LogP contribution is 2.32. The van der Waals surface area contributed by atoms with Crippen molar-refractivity contribution in [3.63, 3.8) is 0 Å². The molecule has 0 unspecified atom stereocenters. The van der Waals surface area contributed by atoms with Crippen molar-refractivity contribution in [1.29, 1.82) is 0 Å². The van der Waals surface area contributed by atoms with E-state index in [1.807, 2.05) is 24.4 Å². The zero-order chi connectivity index (χ0) is 12.4. The van der Waals surface area contributed by atoms with Crippen molar-refractivity contribution in [2.24, 2.45) is 0 Å². The Hall–Kier alpha value is -1.77. The maximum Gasteiger partial charge on any atom is 0.129 e. The minimum atomic E-state index is 0.353. The van der Waals surface area contributed by atoms with Crippen molar-refractivity contribution in [2.75, 3.05) is 5.73 Å². The molecule has 94 valence electrons. The molecule has 0 bridgehead atoms. The van der Waals surface area contributed by atoms with Gasteiger partial charge in [0.25, 0.3) is 0 Å². The topological polar surface area (TPSA) is 48.1 Å². The average Bonchev–Trinajstić information content (AvgIpc) is 2.44. The van der Waals surface area contributed by atoms with E-state index in [4.69, 9.17) is 10.5 Å². The van der Waals surface area contributed by atoms with Gasteiger partial charge in [-0.2, -0.15) is 0 Å². The molecule has 18 heavy (non-hydrogen) atoms. The fraction of sp³-hybridized carbons (Fsp3) is 0.400. The van der Waals surface area contributed by atoms with Gasteiger partial charge in [0.05, 0.1) is 6.10 Å². The minimum Gasteiger partial charge on any atom is -0.490 e. The van der Waals surface area contributed by atoms with Crippen molar-refractivity contribution < 1.29 is 4.74 Å². The number of ether oxygens (including phenoxy) is 1. The van der Waals surface area contributed by atoms with Crippen molar-refractivity contribution in [3.8, 4) is 5.75 Å². The lowest BCUT2D eigenvalue weighted by Gasteiger charge is -2.23. The second-order valence-electron chi connectivity index (χ2n) is 4.95. The van der Waals surface area contributed by atoms with Crippen LogP contribution in [0.5, 0.6) is 5.75 Å². The molecule has 2 N–H and O–H groups in total. The normalized spacial score (nSPS) is 16.9. The van der Waals surface area contributed by atoms with E-state index in [1.165, 1.54) is 19.3 Å². The van der Waals surface area contributed by atoms with E-state index in [1.54, 1.807) is 6.20 Å². The van der Waals surface area contributed by atoms with Crippen LogP contribution in [0.4, 0.5) is 5.69 Å². The summed E-state index contributed by atoms with van der Waals surface area (Å²) in [5, 5.41) is 2.04. The highest BCUT2D eigenvalue weighted by atomic mass is 16.5. The predicted molar refractivity (Wildman–Crippen MR) is 73.7 cm³/mol. The zero-order valence-corrected chi connectivity index (χ0v) is 10.4. The quantitative estimate of drug-likeness (QED) is 0.819. The van der Waals surface area contributed by atoms with Gasteiger partial charge >= 0.3 is 0 Å². The van der Waals surface area contributed by atoms with E-state index in [9.17, 15) is 0 Å². The molecule has 3 nitrogen and oxygen atoms in total. The summed E-state index contributed by atoms with van der Waals surface area (Å²) in [6.07, 6.45) is 10.2. The number of fused-ring (bicyclic) bond motifs is 1. The largest absolute Gasteiger partial charge is 0.490 e. The van der Waals surface area contributed by atoms with Gasteiger partial charge in [0.15, 0.2) is 0 Å². The Balaban J connectivity index is 1.94.